The summed E-state index contributed by atoms with van der Waals surface area (Å²) in [5.41, 5.74) is 0. The van der Waals surface area contributed by atoms with Crippen molar-refractivity contribution in [3.05, 3.63) is 109 Å². The quantitative estimate of drug-likeness (QED) is 0.0197. The van der Waals surface area contributed by atoms with Crippen molar-refractivity contribution in [3.8, 4) is 0 Å². The van der Waals surface area contributed by atoms with Crippen molar-refractivity contribution in [1.29, 1.82) is 0 Å². The number of phosphoric ester groups is 1. The van der Waals surface area contributed by atoms with Gasteiger partial charge < -0.3 is 24.2 Å². The Morgan fingerprint density at radius 1 is 0.382 bits per heavy atom. The second kappa shape index (κ2) is 57.3. The van der Waals surface area contributed by atoms with Crippen LogP contribution < -0.4 is 0 Å². The zero-order valence-electron chi connectivity index (χ0n) is 47.9. The lowest BCUT2D eigenvalue weighted by Gasteiger charge is -2.21. The first-order valence-corrected chi connectivity index (χ1v) is 31.3. The first kappa shape index (κ1) is 72.1. The number of hydrogen-bond acceptors (Lipinski definition) is 10. The first-order valence-electron chi connectivity index (χ1n) is 29.8. The van der Waals surface area contributed by atoms with Crippen molar-refractivity contribution in [2.75, 3.05) is 26.4 Å². The van der Waals surface area contributed by atoms with Gasteiger partial charge >= 0.3 is 25.7 Å². The van der Waals surface area contributed by atoms with Gasteiger partial charge in [0, 0.05) is 19.3 Å². The number of ether oxygens (including phenoxy) is 3. The molecule has 434 valence electrons. The fourth-order valence-corrected chi connectivity index (χ4v) is 8.53. The molecule has 0 aliphatic rings. The Morgan fingerprint density at radius 3 is 1.13 bits per heavy atom. The van der Waals surface area contributed by atoms with E-state index in [2.05, 4.69) is 118 Å². The number of allylic oxidation sites excluding steroid dienone is 18. The molecule has 0 bridgehead atoms. The van der Waals surface area contributed by atoms with Crippen LogP contribution in [0.25, 0.3) is 0 Å². The number of aliphatic hydroxyl groups excluding tert-OH is 1. The Kier molecular flexibility index (Phi) is 54.4. The van der Waals surface area contributed by atoms with E-state index in [1.807, 2.05) is 12.2 Å². The Labute approximate surface area is 463 Å². The van der Waals surface area contributed by atoms with Gasteiger partial charge in [-0.25, -0.2) is 4.57 Å². The molecule has 0 saturated heterocycles. The summed E-state index contributed by atoms with van der Waals surface area (Å²) < 4.78 is 39.5. The van der Waals surface area contributed by atoms with E-state index < -0.39 is 57.8 Å². The molecular weight excluding hydrogens is 976 g/mol. The van der Waals surface area contributed by atoms with Gasteiger partial charge in [0.25, 0.3) is 0 Å². The van der Waals surface area contributed by atoms with Crippen LogP contribution in [-0.4, -0.2) is 66.5 Å². The molecule has 0 radical (unpaired) electrons. The fourth-order valence-electron chi connectivity index (χ4n) is 7.75. The summed E-state index contributed by atoms with van der Waals surface area (Å²) in [6.07, 6.45) is 69.1. The first-order chi connectivity index (χ1) is 37.2. The van der Waals surface area contributed by atoms with Crippen LogP contribution in [-0.2, 0) is 42.2 Å². The van der Waals surface area contributed by atoms with Gasteiger partial charge in [0.15, 0.2) is 6.10 Å². The molecule has 0 spiro atoms. The summed E-state index contributed by atoms with van der Waals surface area (Å²) in [7, 11) is -4.78. The van der Waals surface area contributed by atoms with E-state index in [1.54, 1.807) is 0 Å². The van der Waals surface area contributed by atoms with Crippen molar-refractivity contribution in [2.45, 2.75) is 251 Å². The second-order valence-electron chi connectivity index (χ2n) is 19.4. The lowest BCUT2D eigenvalue weighted by Crippen LogP contribution is -2.30. The smallest absolute Gasteiger partial charge is 0.462 e. The molecule has 0 aromatic carbocycles. The van der Waals surface area contributed by atoms with E-state index in [0.717, 1.165) is 109 Å². The molecule has 0 rings (SSSR count). The van der Waals surface area contributed by atoms with Gasteiger partial charge in [-0.05, 0) is 89.9 Å². The molecule has 0 aliphatic heterocycles. The van der Waals surface area contributed by atoms with Crippen molar-refractivity contribution in [2.24, 2.45) is 0 Å². The highest BCUT2D eigenvalue weighted by atomic mass is 31.2. The molecular formula is C64H107O11P. The van der Waals surface area contributed by atoms with Gasteiger partial charge in [0.05, 0.1) is 19.8 Å². The maximum atomic E-state index is 12.9. The summed E-state index contributed by atoms with van der Waals surface area (Å²) in [5, 5.41) is 9.83. The summed E-state index contributed by atoms with van der Waals surface area (Å²) in [5.74, 6) is -1.58. The number of hydrogen-bond donors (Lipinski definition) is 2. The van der Waals surface area contributed by atoms with Gasteiger partial charge in [-0.1, -0.05) is 239 Å². The second-order valence-corrected chi connectivity index (χ2v) is 20.9. The van der Waals surface area contributed by atoms with Crippen molar-refractivity contribution < 1.29 is 52.2 Å². The Morgan fingerprint density at radius 2 is 0.711 bits per heavy atom. The molecule has 11 nitrogen and oxygen atoms in total. The molecule has 12 heteroatoms. The van der Waals surface area contributed by atoms with Crippen LogP contribution >= 0.6 is 7.82 Å². The normalized spacial score (nSPS) is 14.1. The fraction of sp³-hybridized carbons (Fsp3) is 0.672. The summed E-state index contributed by atoms with van der Waals surface area (Å²) >= 11 is 0. The third-order valence-corrected chi connectivity index (χ3v) is 13.2. The van der Waals surface area contributed by atoms with E-state index in [9.17, 15) is 28.9 Å². The van der Waals surface area contributed by atoms with Crippen molar-refractivity contribution in [3.63, 3.8) is 0 Å². The van der Waals surface area contributed by atoms with Crippen LogP contribution in [0.1, 0.15) is 239 Å². The monoisotopic (exact) mass is 1080 g/mol. The maximum Gasteiger partial charge on any atom is 0.472 e. The Balaban J connectivity index is 4.81. The minimum absolute atomic E-state index is 0.0388. The van der Waals surface area contributed by atoms with Gasteiger partial charge in [-0.3, -0.25) is 23.4 Å². The molecule has 0 fully saturated rings. The molecule has 3 unspecified atom stereocenters. The lowest BCUT2D eigenvalue weighted by molar-refractivity contribution is -0.161. The molecule has 2 N–H and O–H groups in total. The topological polar surface area (TPSA) is 155 Å². The number of aliphatic hydroxyl groups is 1. The molecule has 0 aromatic rings. The summed E-state index contributed by atoms with van der Waals surface area (Å²) in [6, 6.07) is 0. The number of carbonyl (C=O) groups excluding carboxylic acids is 3. The van der Waals surface area contributed by atoms with E-state index in [1.165, 1.54) is 64.2 Å². The summed E-state index contributed by atoms with van der Waals surface area (Å²) in [6.45, 7) is 4.33. The maximum absolute atomic E-state index is 12.9. The van der Waals surface area contributed by atoms with E-state index in [0.29, 0.717) is 25.7 Å². The molecule has 0 amide bonds. The number of rotatable bonds is 54. The van der Waals surface area contributed by atoms with Gasteiger partial charge in [0.1, 0.15) is 12.7 Å². The van der Waals surface area contributed by atoms with E-state index in [4.69, 9.17) is 23.3 Å². The van der Waals surface area contributed by atoms with Gasteiger partial charge in [-0.2, -0.15) is 0 Å². The molecule has 76 heavy (non-hydrogen) atoms. The average molecular weight is 1080 g/mol. The number of carbonyl (C=O) groups is 3. The SMILES string of the molecule is CC/C=C\C/C=C\C/C=C\C/C=C\C/C=C\C/C=C\CCC(=O)OC(COC(=O)CCCCCCCCCCCCCCC)COP(=O)(O)OCC(CO)OC(=O)CCCCCCCCC/C=C\C/C=C\C/C=C\CC. The zero-order chi connectivity index (χ0) is 55.5. The largest absolute Gasteiger partial charge is 0.472 e. The van der Waals surface area contributed by atoms with Crippen LogP contribution in [0.2, 0.25) is 0 Å². The molecule has 0 aromatic heterocycles. The van der Waals surface area contributed by atoms with E-state index in [-0.39, 0.29) is 25.9 Å². The summed E-state index contributed by atoms with van der Waals surface area (Å²) in [4.78, 5) is 48.6. The predicted octanol–water partition coefficient (Wildman–Crippen LogP) is 17.8. The third kappa shape index (κ3) is 54.9. The van der Waals surface area contributed by atoms with Gasteiger partial charge in [-0.15, -0.1) is 0 Å². The van der Waals surface area contributed by atoms with Gasteiger partial charge in [0.2, 0.25) is 0 Å². The van der Waals surface area contributed by atoms with Crippen molar-refractivity contribution in [1.82, 2.24) is 0 Å². The molecule has 0 heterocycles. The molecule has 0 saturated carbocycles. The van der Waals surface area contributed by atoms with Crippen LogP contribution in [0.5, 0.6) is 0 Å². The molecule has 0 aliphatic carbocycles. The van der Waals surface area contributed by atoms with Crippen LogP contribution in [0.3, 0.4) is 0 Å². The number of esters is 3. The number of phosphoric acid groups is 1. The predicted molar refractivity (Wildman–Crippen MR) is 316 cm³/mol. The average Bonchev–Trinajstić information content (AvgIpc) is 3.41. The van der Waals surface area contributed by atoms with Crippen LogP contribution in [0, 0.1) is 0 Å². The lowest BCUT2D eigenvalue weighted by atomic mass is 10.0. The number of unbranched alkanes of at least 4 members (excludes halogenated alkanes) is 19. The van der Waals surface area contributed by atoms with Crippen molar-refractivity contribution >= 4 is 25.7 Å². The highest BCUT2D eigenvalue weighted by Gasteiger charge is 2.28. The Hall–Kier alpha value is -3.86. The van der Waals surface area contributed by atoms with Crippen LogP contribution in [0.15, 0.2) is 109 Å². The highest BCUT2D eigenvalue weighted by Crippen LogP contribution is 2.43. The highest BCUT2D eigenvalue weighted by molar-refractivity contribution is 7.47. The van der Waals surface area contributed by atoms with Crippen LogP contribution in [0.4, 0.5) is 0 Å². The zero-order valence-corrected chi connectivity index (χ0v) is 48.8. The minimum Gasteiger partial charge on any atom is -0.462 e. The molecule has 3 atom stereocenters. The third-order valence-electron chi connectivity index (χ3n) is 12.2. The van der Waals surface area contributed by atoms with E-state index >= 15 is 0 Å². The minimum atomic E-state index is -4.78. The standard InChI is InChI=1S/C64H107O11P/c1-4-7-10-13-16-19-22-25-27-29-30-32-34-37-40-43-46-49-52-55-64(68)75-61(57-71-62(66)53-50-47-44-41-38-35-24-21-18-15-12-9-6-3)59-73-76(69,70)72-58-60(56-65)74-63(67)54-51-48-45-42-39-36-33-31-28-26-23-20-17-14-11-8-5-2/h7-8,10-11,16-17,19-20,25-28,30,32,37,40,46,49,60-61,65H,4-6,9,12-15,18,21-24,29,31,33-36,38-39,41-45,47-48,50-59H2,1-3H3,(H,69,70)/b10-7-,11-8-,19-16-,20-17-,27-25-,28-26-,32-30-,40-37-,49-46-. The Bertz CT molecular complexity index is 1690.